The fourth-order valence-corrected chi connectivity index (χ4v) is 4.42. The molecule has 1 heterocycles. The van der Waals surface area contributed by atoms with E-state index < -0.39 is 0 Å². The van der Waals surface area contributed by atoms with Crippen LogP contribution in [0.3, 0.4) is 0 Å². The number of carbonyl (C=O) groups is 2. The van der Waals surface area contributed by atoms with Crippen LogP contribution in [0.15, 0.2) is 71.2 Å². The summed E-state index contributed by atoms with van der Waals surface area (Å²) >= 11 is 9.52. The van der Waals surface area contributed by atoms with Crippen molar-refractivity contribution in [1.82, 2.24) is 4.90 Å². The van der Waals surface area contributed by atoms with Crippen LogP contribution in [-0.2, 0) is 6.42 Å². The van der Waals surface area contributed by atoms with E-state index in [1.165, 1.54) is 5.56 Å². The lowest BCUT2D eigenvalue weighted by Gasteiger charge is -2.36. The lowest BCUT2D eigenvalue weighted by Crippen LogP contribution is -2.48. The van der Waals surface area contributed by atoms with Crippen LogP contribution in [0.5, 0.6) is 0 Å². The quantitative estimate of drug-likeness (QED) is 0.452. The third-order valence-electron chi connectivity index (χ3n) is 5.84. The van der Waals surface area contributed by atoms with Crippen molar-refractivity contribution in [2.24, 2.45) is 0 Å². The highest BCUT2D eigenvalue weighted by Crippen LogP contribution is 2.24. The third-order valence-corrected chi connectivity index (χ3v) is 6.66. The van der Waals surface area contributed by atoms with Crippen molar-refractivity contribution in [1.29, 1.82) is 0 Å². The molecule has 5 nitrogen and oxygen atoms in total. The first-order valence-electron chi connectivity index (χ1n) is 10.9. The second kappa shape index (κ2) is 10.4. The minimum absolute atomic E-state index is 0.0848. The molecule has 1 aliphatic rings. The van der Waals surface area contributed by atoms with Crippen molar-refractivity contribution in [3.05, 3.63) is 92.9 Å². The van der Waals surface area contributed by atoms with Crippen LogP contribution >= 0.6 is 27.5 Å². The van der Waals surface area contributed by atoms with Gasteiger partial charge in [0.2, 0.25) is 0 Å². The van der Waals surface area contributed by atoms with Gasteiger partial charge in [-0.3, -0.25) is 9.59 Å². The van der Waals surface area contributed by atoms with E-state index in [4.69, 9.17) is 11.6 Å². The molecule has 0 bridgehead atoms. The highest BCUT2D eigenvalue weighted by atomic mass is 79.9. The van der Waals surface area contributed by atoms with Gasteiger partial charge in [-0.05, 0) is 66.6 Å². The van der Waals surface area contributed by atoms with Crippen molar-refractivity contribution in [3.8, 4) is 0 Å². The van der Waals surface area contributed by atoms with Gasteiger partial charge in [-0.15, -0.1) is 0 Å². The fourth-order valence-electron chi connectivity index (χ4n) is 3.86. The van der Waals surface area contributed by atoms with Gasteiger partial charge in [-0.25, -0.2) is 0 Å². The average molecular weight is 527 g/mol. The first kappa shape index (κ1) is 23.3. The van der Waals surface area contributed by atoms with Gasteiger partial charge in [0, 0.05) is 47.6 Å². The van der Waals surface area contributed by atoms with Gasteiger partial charge in [-0.2, -0.15) is 0 Å². The highest BCUT2D eigenvalue weighted by Gasteiger charge is 2.22. The molecule has 1 fully saturated rings. The summed E-state index contributed by atoms with van der Waals surface area (Å²) in [6.07, 6.45) is 0.966. The van der Waals surface area contributed by atoms with E-state index in [0.29, 0.717) is 29.4 Å². The summed E-state index contributed by atoms with van der Waals surface area (Å²) in [4.78, 5) is 29.5. The van der Waals surface area contributed by atoms with E-state index >= 15 is 0 Å². The third kappa shape index (κ3) is 5.57. The van der Waals surface area contributed by atoms with Crippen LogP contribution in [0.1, 0.15) is 33.2 Å². The normalized spacial score (nSPS) is 13.7. The van der Waals surface area contributed by atoms with Crippen LogP contribution in [0.4, 0.5) is 11.4 Å². The Morgan fingerprint density at radius 2 is 1.61 bits per heavy atom. The summed E-state index contributed by atoms with van der Waals surface area (Å²) in [5, 5.41) is 3.29. The lowest BCUT2D eigenvalue weighted by atomic mass is 10.1. The molecule has 3 aromatic carbocycles. The summed E-state index contributed by atoms with van der Waals surface area (Å²) in [5.41, 5.74) is 4.15. The largest absolute Gasteiger partial charge is 0.368 e. The molecule has 1 N–H and O–H groups in total. The maximum absolute atomic E-state index is 12.8. The van der Waals surface area contributed by atoms with E-state index in [1.807, 2.05) is 53.4 Å². The minimum atomic E-state index is -0.256. The number of nitrogens with zero attached hydrogens (tertiary/aromatic N) is 2. The fraction of sp³-hybridized carbons (Fsp3) is 0.231. The van der Waals surface area contributed by atoms with Crippen molar-refractivity contribution >= 4 is 50.7 Å². The Bertz CT molecular complexity index is 1140. The summed E-state index contributed by atoms with van der Waals surface area (Å²) < 4.78 is 0.794. The first-order chi connectivity index (χ1) is 15.9. The number of hydrogen-bond donors (Lipinski definition) is 1. The Hall–Kier alpha value is -2.83. The summed E-state index contributed by atoms with van der Waals surface area (Å²) in [6, 6.07) is 20.8. The number of hydrogen-bond acceptors (Lipinski definition) is 3. The first-order valence-corrected chi connectivity index (χ1v) is 12.1. The van der Waals surface area contributed by atoms with Gasteiger partial charge in [0.15, 0.2) is 0 Å². The number of nitrogens with one attached hydrogen (secondary N) is 1. The predicted octanol–water partition coefficient (Wildman–Crippen LogP) is 5.88. The summed E-state index contributed by atoms with van der Waals surface area (Å²) in [7, 11) is 0. The van der Waals surface area contributed by atoms with E-state index in [1.54, 1.807) is 18.2 Å². The van der Waals surface area contributed by atoms with Crippen LogP contribution in [0.2, 0.25) is 5.02 Å². The monoisotopic (exact) mass is 525 g/mol. The molecule has 0 saturated carbocycles. The predicted molar refractivity (Wildman–Crippen MR) is 137 cm³/mol. The van der Waals surface area contributed by atoms with Crippen LogP contribution in [0.25, 0.3) is 0 Å². The number of anilines is 2. The molecule has 4 rings (SSSR count). The Balaban J connectivity index is 1.34. The molecule has 0 radical (unpaired) electrons. The number of rotatable bonds is 5. The molecule has 1 saturated heterocycles. The van der Waals surface area contributed by atoms with Crippen molar-refractivity contribution < 1.29 is 9.59 Å². The number of aryl methyl sites for hydroxylation is 1. The van der Waals surface area contributed by atoms with E-state index in [9.17, 15) is 9.59 Å². The molecule has 0 unspecified atom stereocenters. The van der Waals surface area contributed by atoms with Crippen molar-refractivity contribution in [2.75, 3.05) is 36.4 Å². The zero-order valence-electron chi connectivity index (χ0n) is 18.4. The van der Waals surface area contributed by atoms with E-state index in [0.717, 1.165) is 35.2 Å². The van der Waals surface area contributed by atoms with Crippen LogP contribution in [0, 0.1) is 0 Å². The Labute approximate surface area is 207 Å². The van der Waals surface area contributed by atoms with E-state index in [2.05, 4.69) is 33.1 Å². The van der Waals surface area contributed by atoms with Gasteiger partial charge in [-0.1, -0.05) is 46.6 Å². The topological polar surface area (TPSA) is 52.7 Å². The standard InChI is InChI=1S/C26H25BrClN3O2/c1-2-18-3-5-19(6-4-18)26(33)31-15-13-30(14-16-31)22-10-8-21(9-11-22)29-25(32)23-17-20(27)7-12-24(23)28/h3-12,17H,2,13-16H2,1H3,(H,29,32). The van der Waals surface area contributed by atoms with Crippen LogP contribution < -0.4 is 10.2 Å². The molecule has 3 aromatic rings. The van der Waals surface area contributed by atoms with Gasteiger partial charge in [0.1, 0.15) is 0 Å². The van der Waals surface area contributed by atoms with Crippen molar-refractivity contribution in [2.45, 2.75) is 13.3 Å². The van der Waals surface area contributed by atoms with Gasteiger partial charge in [0.05, 0.1) is 10.6 Å². The molecular formula is C26H25BrClN3O2. The second-order valence-electron chi connectivity index (χ2n) is 7.95. The average Bonchev–Trinajstić information content (AvgIpc) is 2.85. The molecule has 2 amide bonds. The molecule has 7 heteroatoms. The lowest BCUT2D eigenvalue weighted by molar-refractivity contribution is 0.0746. The molecule has 1 aliphatic heterocycles. The summed E-state index contributed by atoms with van der Waals surface area (Å²) in [5.74, 6) is -0.172. The number of amides is 2. The smallest absolute Gasteiger partial charge is 0.257 e. The van der Waals surface area contributed by atoms with E-state index in [-0.39, 0.29) is 11.8 Å². The Morgan fingerprint density at radius 1 is 0.939 bits per heavy atom. The van der Waals surface area contributed by atoms with Gasteiger partial charge in [0.25, 0.3) is 11.8 Å². The number of piperazine rings is 1. The Morgan fingerprint density at radius 3 is 2.24 bits per heavy atom. The molecule has 0 aromatic heterocycles. The SMILES string of the molecule is CCc1ccc(C(=O)N2CCN(c3ccc(NC(=O)c4cc(Br)ccc4Cl)cc3)CC2)cc1. The second-order valence-corrected chi connectivity index (χ2v) is 9.28. The molecule has 0 aliphatic carbocycles. The van der Waals surface area contributed by atoms with Gasteiger partial charge >= 0.3 is 0 Å². The number of carbonyl (C=O) groups excluding carboxylic acids is 2. The van der Waals surface area contributed by atoms with Crippen LogP contribution in [-0.4, -0.2) is 42.9 Å². The van der Waals surface area contributed by atoms with Gasteiger partial charge < -0.3 is 15.1 Å². The van der Waals surface area contributed by atoms with Crippen molar-refractivity contribution in [3.63, 3.8) is 0 Å². The number of halogens is 2. The highest BCUT2D eigenvalue weighted by molar-refractivity contribution is 9.10. The maximum atomic E-state index is 12.8. The zero-order chi connectivity index (χ0) is 23.4. The molecule has 0 spiro atoms. The molecule has 33 heavy (non-hydrogen) atoms. The molecule has 170 valence electrons. The number of benzene rings is 3. The minimum Gasteiger partial charge on any atom is -0.368 e. The Kier molecular flexibility index (Phi) is 7.36. The maximum Gasteiger partial charge on any atom is 0.257 e. The zero-order valence-corrected chi connectivity index (χ0v) is 20.7. The summed E-state index contributed by atoms with van der Waals surface area (Å²) in [6.45, 7) is 4.98. The molecule has 0 atom stereocenters. The molecular weight excluding hydrogens is 502 g/mol.